The van der Waals surface area contributed by atoms with Crippen molar-refractivity contribution in [3.05, 3.63) is 29.3 Å². The number of halogens is 1. The van der Waals surface area contributed by atoms with Crippen LogP contribution in [0.5, 0.6) is 0 Å². The molecule has 1 rings (SSSR count). The summed E-state index contributed by atoms with van der Waals surface area (Å²) < 4.78 is 0. The van der Waals surface area contributed by atoms with E-state index in [0.29, 0.717) is 17.3 Å². The summed E-state index contributed by atoms with van der Waals surface area (Å²) in [5.74, 6) is -1.38. The van der Waals surface area contributed by atoms with Gasteiger partial charge in [0.05, 0.1) is 6.42 Å². The van der Waals surface area contributed by atoms with Crippen LogP contribution >= 0.6 is 11.6 Å². The van der Waals surface area contributed by atoms with Gasteiger partial charge in [-0.05, 0) is 31.2 Å². The first kappa shape index (κ1) is 16.5. The van der Waals surface area contributed by atoms with Gasteiger partial charge in [0.15, 0.2) is 0 Å². The molecule has 6 heteroatoms. The predicted molar refractivity (Wildman–Crippen MR) is 79.0 cm³/mol. The van der Waals surface area contributed by atoms with Crippen LogP contribution in [-0.4, -0.2) is 29.6 Å². The lowest BCUT2D eigenvalue weighted by Gasteiger charge is -2.14. The maximum atomic E-state index is 11.8. The average molecular weight is 299 g/mol. The summed E-state index contributed by atoms with van der Waals surface area (Å²) in [6, 6.07) is 5.85. The highest BCUT2D eigenvalue weighted by Crippen LogP contribution is 2.15. The van der Waals surface area contributed by atoms with Gasteiger partial charge in [-0.25, -0.2) is 0 Å². The smallest absolute Gasteiger partial charge is 0.321 e. The van der Waals surface area contributed by atoms with Crippen LogP contribution in [0, 0.1) is 0 Å². The molecule has 0 fully saturated rings. The highest BCUT2D eigenvalue weighted by Gasteiger charge is 2.20. The molecule has 0 saturated heterocycles. The second kappa shape index (κ2) is 8.55. The van der Waals surface area contributed by atoms with Crippen LogP contribution in [0.2, 0.25) is 5.02 Å². The van der Waals surface area contributed by atoms with E-state index in [0.717, 1.165) is 12.8 Å². The van der Waals surface area contributed by atoms with Crippen molar-refractivity contribution in [2.75, 3.05) is 11.9 Å². The van der Waals surface area contributed by atoms with Crippen molar-refractivity contribution in [1.29, 1.82) is 0 Å². The van der Waals surface area contributed by atoms with Crippen LogP contribution < -0.4 is 10.6 Å². The molecular formula is C14H19ClN2O3. The second-order valence-electron chi connectivity index (χ2n) is 4.46. The molecule has 5 nitrogen and oxygen atoms in total. The van der Waals surface area contributed by atoms with E-state index in [2.05, 4.69) is 10.6 Å². The zero-order chi connectivity index (χ0) is 15.0. The van der Waals surface area contributed by atoms with Gasteiger partial charge in [0.1, 0.15) is 6.04 Å². The van der Waals surface area contributed by atoms with Crippen molar-refractivity contribution in [3.63, 3.8) is 0 Å². The summed E-state index contributed by atoms with van der Waals surface area (Å²) in [6.45, 7) is 2.60. The quantitative estimate of drug-likeness (QED) is 0.644. The lowest BCUT2D eigenvalue weighted by molar-refractivity contribution is -0.141. The van der Waals surface area contributed by atoms with Crippen molar-refractivity contribution in [2.24, 2.45) is 0 Å². The molecule has 0 aromatic heterocycles. The van der Waals surface area contributed by atoms with Crippen molar-refractivity contribution in [2.45, 2.75) is 32.2 Å². The maximum absolute atomic E-state index is 11.8. The van der Waals surface area contributed by atoms with Crippen LogP contribution in [0.3, 0.4) is 0 Å². The van der Waals surface area contributed by atoms with Gasteiger partial charge in [-0.3, -0.25) is 9.59 Å². The normalized spacial score (nSPS) is 11.9. The summed E-state index contributed by atoms with van der Waals surface area (Å²) in [6.07, 6.45) is 1.72. The number of carbonyl (C=O) groups excluding carboxylic acids is 1. The van der Waals surface area contributed by atoms with Crippen molar-refractivity contribution in [1.82, 2.24) is 5.32 Å². The van der Waals surface area contributed by atoms with E-state index in [1.165, 1.54) is 0 Å². The van der Waals surface area contributed by atoms with Gasteiger partial charge in [0.2, 0.25) is 5.91 Å². The number of aliphatic carboxylic acids is 1. The van der Waals surface area contributed by atoms with E-state index in [1.54, 1.807) is 24.3 Å². The average Bonchev–Trinajstić information content (AvgIpc) is 2.37. The van der Waals surface area contributed by atoms with Crippen molar-refractivity contribution in [3.8, 4) is 0 Å². The number of nitrogens with one attached hydrogen (secondary N) is 2. The SMILES string of the molecule is CCCCNC(CC(=O)Nc1cccc(Cl)c1)C(=O)O. The van der Waals surface area contributed by atoms with Gasteiger partial charge in [-0.15, -0.1) is 0 Å². The molecule has 0 spiro atoms. The number of carboxylic acids is 1. The summed E-state index contributed by atoms with van der Waals surface area (Å²) in [5.41, 5.74) is 0.556. The van der Waals surface area contributed by atoms with E-state index in [4.69, 9.17) is 16.7 Å². The molecule has 0 aliphatic heterocycles. The third kappa shape index (κ3) is 6.04. The minimum absolute atomic E-state index is 0.119. The topological polar surface area (TPSA) is 78.4 Å². The fraction of sp³-hybridized carbons (Fsp3) is 0.429. The maximum Gasteiger partial charge on any atom is 0.321 e. The van der Waals surface area contributed by atoms with Crippen molar-refractivity contribution < 1.29 is 14.7 Å². The second-order valence-corrected chi connectivity index (χ2v) is 4.90. The molecule has 1 atom stereocenters. The molecular weight excluding hydrogens is 280 g/mol. The molecule has 110 valence electrons. The molecule has 0 heterocycles. The Bertz CT molecular complexity index is 465. The number of rotatable bonds is 8. The molecule has 1 amide bonds. The molecule has 0 aliphatic carbocycles. The lowest BCUT2D eigenvalue weighted by atomic mass is 10.2. The highest BCUT2D eigenvalue weighted by molar-refractivity contribution is 6.30. The lowest BCUT2D eigenvalue weighted by Crippen LogP contribution is -2.40. The molecule has 3 N–H and O–H groups in total. The minimum Gasteiger partial charge on any atom is -0.480 e. The van der Waals surface area contributed by atoms with Gasteiger partial charge in [-0.2, -0.15) is 0 Å². The highest BCUT2D eigenvalue weighted by atomic mass is 35.5. The zero-order valence-electron chi connectivity index (χ0n) is 11.4. The Morgan fingerprint density at radius 1 is 1.40 bits per heavy atom. The van der Waals surface area contributed by atoms with Gasteiger partial charge in [0.25, 0.3) is 0 Å². The molecule has 0 bridgehead atoms. The van der Waals surface area contributed by atoms with Crippen LogP contribution in [0.1, 0.15) is 26.2 Å². The summed E-state index contributed by atoms with van der Waals surface area (Å²) in [5, 5.41) is 15.1. The minimum atomic E-state index is -1.03. The fourth-order valence-corrected chi connectivity index (χ4v) is 1.85. The first-order valence-corrected chi connectivity index (χ1v) is 6.92. The van der Waals surface area contributed by atoms with E-state index < -0.39 is 12.0 Å². The number of hydrogen-bond acceptors (Lipinski definition) is 3. The molecule has 0 aliphatic rings. The number of amides is 1. The Kier molecular flexibility index (Phi) is 7.04. The first-order valence-electron chi connectivity index (χ1n) is 6.54. The number of hydrogen-bond donors (Lipinski definition) is 3. The Labute approximate surface area is 123 Å². The standard InChI is InChI=1S/C14H19ClN2O3/c1-2-3-7-16-12(14(19)20)9-13(18)17-11-6-4-5-10(15)8-11/h4-6,8,12,16H,2-3,7,9H2,1H3,(H,17,18)(H,19,20). The third-order valence-corrected chi connectivity index (χ3v) is 2.95. The summed E-state index contributed by atoms with van der Waals surface area (Å²) in [7, 11) is 0. The van der Waals surface area contributed by atoms with Crippen LogP contribution in [-0.2, 0) is 9.59 Å². The largest absolute Gasteiger partial charge is 0.480 e. The molecule has 0 saturated carbocycles. The Hall–Kier alpha value is -1.59. The van der Waals surface area contributed by atoms with Crippen LogP contribution in [0.15, 0.2) is 24.3 Å². The third-order valence-electron chi connectivity index (χ3n) is 2.72. The number of unbranched alkanes of at least 4 members (excludes halogenated alkanes) is 1. The number of carbonyl (C=O) groups is 2. The Balaban J connectivity index is 2.51. The molecule has 0 radical (unpaired) electrons. The number of anilines is 1. The molecule has 1 aromatic carbocycles. The van der Waals surface area contributed by atoms with E-state index in [9.17, 15) is 9.59 Å². The van der Waals surface area contributed by atoms with E-state index in [-0.39, 0.29) is 12.3 Å². The molecule has 20 heavy (non-hydrogen) atoms. The summed E-state index contributed by atoms with van der Waals surface area (Å²) in [4.78, 5) is 22.9. The van der Waals surface area contributed by atoms with Crippen LogP contribution in [0.25, 0.3) is 0 Å². The van der Waals surface area contributed by atoms with E-state index >= 15 is 0 Å². The molecule has 1 unspecified atom stereocenters. The molecule has 1 aromatic rings. The van der Waals surface area contributed by atoms with Crippen molar-refractivity contribution >= 4 is 29.2 Å². The predicted octanol–water partition coefficient (Wildman–Crippen LogP) is 2.51. The zero-order valence-corrected chi connectivity index (χ0v) is 12.1. The van der Waals surface area contributed by atoms with Gasteiger partial charge in [0, 0.05) is 10.7 Å². The summed E-state index contributed by atoms with van der Waals surface area (Å²) >= 11 is 5.81. The fourth-order valence-electron chi connectivity index (χ4n) is 1.66. The van der Waals surface area contributed by atoms with Crippen LogP contribution in [0.4, 0.5) is 5.69 Å². The van der Waals surface area contributed by atoms with E-state index in [1.807, 2.05) is 6.92 Å². The number of carboxylic acid groups (broad SMARTS) is 1. The number of benzene rings is 1. The Morgan fingerprint density at radius 2 is 2.15 bits per heavy atom. The van der Waals surface area contributed by atoms with Gasteiger partial charge < -0.3 is 15.7 Å². The monoisotopic (exact) mass is 298 g/mol. The first-order chi connectivity index (χ1) is 9.52. The Morgan fingerprint density at radius 3 is 2.75 bits per heavy atom. The van der Waals surface area contributed by atoms with Gasteiger partial charge >= 0.3 is 5.97 Å². The van der Waals surface area contributed by atoms with Gasteiger partial charge in [-0.1, -0.05) is 31.0 Å².